The Hall–Kier alpha value is -0.830. The number of aryl methyl sites for hydroxylation is 1. The molecule has 1 N–H and O–H groups in total. The minimum absolute atomic E-state index is 0.329. The predicted molar refractivity (Wildman–Crippen MR) is 66.6 cm³/mol. The third-order valence-electron chi connectivity index (χ3n) is 3.79. The first-order valence-electron chi connectivity index (χ1n) is 6.47. The summed E-state index contributed by atoms with van der Waals surface area (Å²) in [6.45, 7) is 8.01. The highest BCUT2D eigenvalue weighted by Gasteiger charge is 2.31. The molecule has 16 heavy (non-hydrogen) atoms. The first kappa shape index (κ1) is 11.6. The smallest absolute Gasteiger partial charge is 0.0948 e. The van der Waals surface area contributed by atoms with Gasteiger partial charge in [-0.1, -0.05) is 20.3 Å². The maximum atomic E-state index is 4.34. The normalized spacial score (nSPS) is 19.9. The summed E-state index contributed by atoms with van der Waals surface area (Å²) in [5.74, 6) is 0. The molecule has 1 aromatic rings. The molecule has 1 fully saturated rings. The van der Waals surface area contributed by atoms with Crippen LogP contribution in [-0.4, -0.2) is 22.6 Å². The van der Waals surface area contributed by atoms with Crippen molar-refractivity contribution in [2.45, 2.75) is 51.5 Å². The molecule has 3 nitrogen and oxygen atoms in total. The molecule has 0 saturated carbocycles. The fraction of sp³-hybridized carbons (Fsp3) is 0.769. The van der Waals surface area contributed by atoms with Gasteiger partial charge in [-0.15, -0.1) is 0 Å². The maximum Gasteiger partial charge on any atom is 0.0948 e. The van der Waals surface area contributed by atoms with E-state index in [0.29, 0.717) is 5.41 Å². The standard InChI is InChI=1S/C13H23N3/c1-3-4-9-16-11-15-10-12(16)13(2)5-7-14-8-6-13/h10-11,14H,3-9H2,1-2H3. The van der Waals surface area contributed by atoms with Crippen molar-refractivity contribution in [1.82, 2.24) is 14.9 Å². The lowest BCUT2D eigenvalue weighted by Gasteiger charge is -2.34. The Bertz CT molecular complexity index is 324. The number of hydrogen-bond donors (Lipinski definition) is 1. The van der Waals surface area contributed by atoms with Gasteiger partial charge in [0.25, 0.3) is 0 Å². The zero-order valence-corrected chi connectivity index (χ0v) is 10.5. The van der Waals surface area contributed by atoms with Crippen LogP contribution in [0.4, 0.5) is 0 Å². The number of hydrogen-bond acceptors (Lipinski definition) is 2. The van der Waals surface area contributed by atoms with Crippen LogP contribution in [-0.2, 0) is 12.0 Å². The third kappa shape index (κ3) is 2.29. The number of aromatic nitrogens is 2. The van der Waals surface area contributed by atoms with Crippen molar-refractivity contribution < 1.29 is 0 Å². The summed E-state index contributed by atoms with van der Waals surface area (Å²) in [5.41, 5.74) is 1.76. The number of unbranched alkanes of at least 4 members (excludes halogenated alkanes) is 1. The Morgan fingerprint density at radius 3 is 2.88 bits per heavy atom. The summed E-state index contributed by atoms with van der Waals surface area (Å²) in [5, 5.41) is 3.43. The van der Waals surface area contributed by atoms with Gasteiger partial charge in [-0.3, -0.25) is 0 Å². The monoisotopic (exact) mass is 221 g/mol. The molecule has 2 heterocycles. The Labute approximate surface area is 98.3 Å². The molecule has 1 aliphatic heterocycles. The van der Waals surface area contributed by atoms with Crippen LogP contribution >= 0.6 is 0 Å². The zero-order chi connectivity index (χ0) is 11.4. The maximum absolute atomic E-state index is 4.34. The summed E-state index contributed by atoms with van der Waals surface area (Å²) in [4.78, 5) is 4.34. The van der Waals surface area contributed by atoms with E-state index in [1.807, 2.05) is 6.33 Å². The Balaban J connectivity index is 2.15. The molecular weight excluding hydrogens is 198 g/mol. The molecule has 1 saturated heterocycles. The molecule has 90 valence electrons. The van der Waals surface area contributed by atoms with E-state index in [0.717, 1.165) is 19.6 Å². The van der Waals surface area contributed by atoms with Crippen LogP contribution in [0.2, 0.25) is 0 Å². The van der Waals surface area contributed by atoms with Crippen LogP contribution in [0, 0.1) is 0 Å². The lowest BCUT2D eigenvalue weighted by molar-refractivity contribution is 0.316. The van der Waals surface area contributed by atoms with Gasteiger partial charge in [0.05, 0.1) is 6.33 Å². The van der Waals surface area contributed by atoms with Crippen molar-refractivity contribution in [3.05, 3.63) is 18.2 Å². The molecule has 0 atom stereocenters. The second kappa shape index (κ2) is 5.00. The molecule has 0 spiro atoms. The average molecular weight is 221 g/mol. The van der Waals surface area contributed by atoms with Crippen molar-refractivity contribution in [2.24, 2.45) is 0 Å². The van der Waals surface area contributed by atoms with Gasteiger partial charge in [0.15, 0.2) is 0 Å². The van der Waals surface area contributed by atoms with Gasteiger partial charge in [-0.2, -0.15) is 0 Å². The van der Waals surface area contributed by atoms with Gasteiger partial charge >= 0.3 is 0 Å². The van der Waals surface area contributed by atoms with Crippen molar-refractivity contribution in [3.8, 4) is 0 Å². The van der Waals surface area contributed by atoms with E-state index in [9.17, 15) is 0 Å². The highest BCUT2D eigenvalue weighted by atomic mass is 15.1. The van der Waals surface area contributed by atoms with Crippen LogP contribution in [0.25, 0.3) is 0 Å². The third-order valence-corrected chi connectivity index (χ3v) is 3.79. The molecule has 0 aromatic carbocycles. The van der Waals surface area contributed by atoms with Crippen molar-refractivity contribution >= 4 is 0 Å². The lowest BCUT2D eigenvalue weighted by atomic mass is 9.78. The van der Waals surface area contributed by atoms with E-state index in [-0.39, 0.29) is 0 Å². The number of nitrogens with zero attached hydrogens (tertiary/aromatic N) is 2. The fourth-order valence-electron chi connectivity index (χ4n) is 2.56. The van der Waals surface area contributed by atoms with Gasteiger partial charge in [0.1, 0.15) is 0 Å². The molecule has 0 radical (unpaired) electrons. The summed E-state index contributed by atoms with van der Waals surface area (Å²) >= 11 is 0. The molecule has 0 aliphatic carbocycles. The van der Waals surface area contributed by atoms with E-state index < -0.39 is 0 Å². The Kier molecular flexibility index (Phi) is 3.64. The van der Waals surface area contributed by atoms with Gasteiger partial charge in [-0.25, -0.2) is 4.98 Å². The average Bonchev–Trinajstić information content (AvgIpc) is 2.76. The van der Waals surface area contributed by atoms with Crippen molar-refractivity contribution in [2.75, 3.05) is 13.1 Å². The fourth-order valence-corrected chi connectivity index (χ4v) is 2.56. The molecule has 3 heteroatoms. The van der Waals surface area contributed by atoms with Crippen LogP contribution in [0.1, 0.15) is 45.2 Å². The van der Waals surface area contributed by atoms with E-state index in [1.165, 1.54) is 31.4 Å². The van der Waals surface area contributed by atoms with E-state index >= 15 is 0 Å². The van der Waals surface area contributed by atoms with Crippen molar-refractivity contribution in [3.63, 3.8) is 0 Å². The molecule has 0 unspecified atom stereocenters. The Morgan fingerprint density at radius 2 is 2.19 bits per heavy atom. The van der Waals surface area contributed by atoms with Crippen LogP contribution in [0.3, 0.4) is 0 Å². The minimum atomic E-state index is 0.329. The van der Waals surface area contributed by atoms with Crippen LogP contribution in [0.5, 0.6) is 0 Å². The second-order valence-electron chi connectivity index (χ2n) is 5.14. The van der Waals surface area contributed by atoms with E-state index in [4.69, 9.17) is 0 Å². The SMILES string of the molecule is CCCCn1cncc1C1(C)CCNCC1. The summed E-state index contributed by atoms with van der Waals surface area (Å²) in [6.07, 6.45) is 9.02. The van der Waals surface area contributed by atoms with Gasteiger partial charge in [0.2, 0.25) is 0 Å². The molecule has 2 rings (SSSR count). The first-order chi connectivity index (χ1) is 7.76. The van der Waals surface area contributed by atoms with E-state index in [1.54, 1.807) is 0 Å². The van der Waals surface area contributed by atoms with E-state index in [2.05, 4.69) is 34.9 Å². The highest BCUT2D eigenvalue weighted by Crippen LogP contribution is 2.32. The van der Waals surface area contributed by atoms with Gasteiger partial charge in [-0.05, 0) is 32.4 Å². The molecular formula is C13H23N3. The quantitative estimate of drug-likeness (QED) is 0.845. The molecule has 0 amide bonds. The van der Waals surface area contributed by atoms with Crippen LogP contribution < -0.4 is 5.32 Å². The number of piperidine rings is 1. The first-order valence-corrected chi connectivity index (χ1v) is 6.47. The van der Waals surface area contributed by atoms with Crippen molar-refractivity contribution in [1.29, 1.82) is 0 Å². The predicted octanol–water partition coefficient (Wildman–Crippen LogP) is 2.32. The molecule has 1 aliphatic rings. The molecule has 0 bridgehead atoms. The topological polar surface area (TPSA) is 29.9 Å². The molecule has 1 aromatic heterocycles. The minimum Gasteiger partial charge on any atom is -0.334 e. The summed E-state index contributed by atoms with van der Waals surface area (Å²) < 4.78 is 2.36. The second-order valence-corrected chi connectivity index (χ2v) is 5.14. The van der Waals surface area contributed by atoms with Gasteiger partial charge < -0.3 is 9.88 Å². The highest BCUT2D eigenvalue weighted by molar-refractivity contribution is 5.15. The largest absolute Gasteiger partial charge is 0.334 e. The number of rotatable bonds is 4. The van der Waals surface area contributed by atoms with Gasteiger partial charge in [0, 0.05) is 23.9 Å². The summed E-state index contributed by atoms with van der Waals surface area (Å²) in [7, 11) is 0. The zero-order valence-electron chi connectivity index (χ0n) is 10.5. The lowest BCUT2D eigenvalue weighted by Crippen LogP contribution is -2.39. The van der Waals surface area contributed by atoms with Crippen LogP contribution in [0.15, 0.2) is 12.5 Å². The Morgan fingerprint density at radius 1 is 1.44 bits per heavy atom. The number of imidazole rings is 1. The number of nitrogens with one attached hydrogen (secondary N) is 1. The summed E-state index contributed by atoms with van der Waals surface area (Å²) in [6, 6.07) is 0.